The minimum Gasteiger partial charge on any atom is -0.455 e. The summed E-state index contributed by atoms with van der Waals surface area (Å²) in [6.45, 7) is 0. The van der Waals surface area contributed by atoms with Crippen LogP contribution in [0.25, 0.3) is 10.2 Å². The molecule has 0 atom stereocenters. The van der Waals surface area contributed by atoms with Gasteiger partial charge in [0, 0.05) is 6.26 Å². The van der Waals surface area contributed by atoms with Crippen molar-refractivity contribution in [3.8, 4) is 11.5 Å². The van der Waals surface area contributed by atoms with Gasteiger partial charge in [-0.05, 0) is 30.3 Å². The van der Waals surface area contributed by atoms with Gasteiger partial charge in [0.05, 0.1) is 15.1 Å². The van der Waals surface area contributed by atoms with E-state index in [1.807, 2.05) is 6.07 Å². The molecule has 0 bridgehead atoms. The highest BCUT2D eigenvalue weighted by Crippen LogP contribution is 2.34. The van der Waals surface area contributed by atoms with Crippen LogP contribution in [0.1, 0.15) is 0 Å². The highest BCUT2D eigenvalue weighted by molar-refractivity contribution is 7.90. The van der Waals surface area contributed by atoms with Crippen molar-refractivity contribution in [2.45, 2.75) is 4.90 Å². The maximum atomic E-state index is 11.6. The zero-order valence-corrected chi connectivity index (χ0v) is 12.7. The number of nitrogens with two attached hydrogens (primary N) is 1. The lowest BCUT2D eigenvalue weighted by atomic mass is 10.2. The van der Waals surface area contributed by atoms with Gasteiger partial charge in [-0.1, -0.05) is 6.07 Å². The van der Waals surface area contributed by atoms with E-state index in [0.29, 0.717) is 22.7 Å². The van der Waals surface area contributed by atoms with Gasteiger partial charge in [0.15, 0.2) is 15.6 Å². The number of nitrogens with zero attached hydrogens (tertiary/aromatic N) is 1. The fraction of sp³-hybridized carbons (Fsp3) is 0.0714. The molecular weight excluding hydrogens is 308 g/mol. The van der Waals surface area contributed by atoms with Gasteiger partial charge in [0.25, 0.3) is 0 Å². The predicted molar refractivity (Wildman–Crippen MR) is 83.7 cm³/mol. The van der Waals surface area contributed by atoms with Gasteiger partial charge in [-0.25, -0.2) is 13.4 Å². The molecule has 21 heavy (non-hydrogen) atoms. The molecule has 0 radical (unpaired) electrons. The van der Waals surface area contributed by atoms with Crippen LogP contribution in [-0.4, -0.2) is 19.7 Å². The van der Waals surface area contributed by atoms with Gasteiger partial charge >= 0.3 is 0 Å². The second-order valence-corrected chi connectivity index (χ2v) is 7.43. The fourth-order valence-electron chi connectivity index (χ4n) is 1.92. The fourth-order valence-corrected chi connectivity index (χ4v) is 3.27. The maximum absolute atomic E-state index is 11.6. The number of rotatable bonds is 3. The molecule has 0 unspecified atom stereocenters. The second kappa shape index (κ2) is 5.01. The third-order valence-electron chi connectivity index (χ3n) is 2.96. The topological polar surface area (TPSA) is 82.3 Å². The van der Waals surface area contributed by atoms with Crippen molar-refractivity contribution in [3.63, 3.8) is 0 Å². The molecule has 0 fully saturated rings. The summed E-state index contributed by atoms with van der Waals surface area (Å²) in [6, 6.07) is 9.93. The molecule has 2 aromatic carbocycles. The van der Waals surface area contributed by atoms with Gasteiger partial charge in [-0.2, -0.15) is 0 Å². The number of benzene rings is 2. The molecule has 7 heteroatoms. The zero-order chi connectivity index (χ0) is 15.0. The molecule has 3 aromatic rings. The Labute approximate surface area is 125 Å². The number of anilines is 1. The quantitative estimate of drug-likeness (QED) is 0.750. The molecular formula is C14H12N2O3S2. The van der Waals surface area contributed by atoms with Crippen LogP contribution >= 0.6 is 11.3 Å². The summed E-state index contributed by atoms with van der Waals surface area (Å²) in [5.41, 5.74) is 8.89. The van der Waals surface area contributed by atoms with Crippen LogP contribution in [0.5, 0.6) is 11.5 Å². The van der Waals surface area contributed by atoms with E-state index in [-0.39, 0.29) is 4.90 Å². The average Bonchev–Trinajstić information content (AvgIpc) is 2.91. The van der Waals surface area contributed by atoms with Crippen molar-refractivity contribution in [1.29, 1.82) is 0 Å². The number of fused-ring (bicyclic) bond motifs is 1. The number of hydrogen-bond donors (Lipinski definition) is 1. The summed E-state index contributed by atoms with van der Waals surface area (Å²) >= 11 is 1.50. The van der Waals surface area contributed by atoms with Crippen molar-refractivity contribution in [1.82, 2.24) is 4.98 Å². The Kier molecular flexibility index (Phi) is 3.30. The Balaban J connectivity index is 2.01. The summed E-state index contributed by atoms with van der Waals surface area (Å²) in [4.78, 5) is 4.40. The third-order valence-corrected chi connectivity index (χ3v) is 4.87. The van der Waals surface area contributed by atoms with E-state index in [1.54, 1.807) is 23.7 Å². The monoisotopic (exact) mass is 320 g/mol. The highest BCUT2D eigenvalue weighted by Gasteiger charge is 2.11. The smallest absolute Gasteiger partial charge is 0.175 e. The van der Waals surface area contributed by atoms with E-state index in [2.05, 4.69) is 4.98 Å². The molecule has 0 amide bonds. The Bertz CT molecular complexity index is 917. The molecule has 0 aliphatic heterocycles. The highest BCUT2D eigenvalue weighted by atomic mass is 32.2. The molecule has 0 aliphatic carbocycles. The van der Waals surface area contributed by atoms with Crippen LogP contribution in [-0.2, 0) is 9.84 Å². The van der Waals surface area contributed by atoms with Gasteiger partial charge in [0.1, 0.15) is 17.0 Å². The van der Waals surface area contributed by atoms with Crippen molar-refractivity contribution in [2.24, 2.45) is 0 Å². The molecule has 0 aliphatic rings. The minimum absolute atomic E-state index is 0.202. The van der Waals surface area contributed by atoms with E-state index >= 15 is 0 Å². The average molecular weight is 320 g/mol. The summed E-state index contributed by atoms with van der Waals surface area (Å²) < 4.78 is 29.8. The molecule has 108 valence electrons. The molecule has 1 heterocycles. The number of hydrogen-bond acceptors (Lipinski definition) is 6. The lowest BCUT2D eigenvalue weighted by Crippen LogP contribution is -1.98. The standard InChI is InChI=1S/C14H12N2O3S2/c1-21(17,18)10-4-2-3-9(7-10)19-11-5-6-12-14(13(11)15)16-8-20-12/h2-8H,15H2,1H3. The first-order chi connectivity index (χ1) is 9.95. The number of thiazole rings is 1. The Morgan fingerprint density at radius 3 is 2.81 bits per heavy atom. The maximum Gasteiger partial charge on any atom is 0.175 e. The van der Waals surface area contributed by atoms with Gasteiger partial charge in [-0.15, -0.1) is 11.3 Å². The van der Waals surface area contributed by atoms with E-state index in [4.69, 9.17) is 10.5 Å². The number of ether oxygens (including phenoxy) is 1. The van der Waals surface area contributed by atoms with Crippen molar-refractivity contribution in [2.75, 3.05) is 12.0 Å². The molecule has 2 N–H and O–H groups in total. The van der Waals surface area contributed by atoms with Crippen LogP contribution < -0.4 is 10.5 Å². The Morgan fingerprint density at radius 2 is 2.05 bits per heavy atom. The lowest BCUT2D eigenvalue weighted by Gasteiger charge is -2.09. The first kappa shape index (κ1) is 13.8. The predicted octanol–water partition coefficient (Wildman–Crippen LogP) is 3.07. The first-order valence-corrected chi connectivity index (χ1v) is 8.82. The van der Waals surface area contributed by atoms with Gasteiger partial charge in [-0.3, -0.25) is 0 Å². The molecule has 1 aromatic heterocycles. The summed E-state index contributed by atoms with van der Waals surface area (Å²) in [7, 11) is -3.28. The van der Waals surface area contributed by atoms with E-state index in [9.17, 15) is 8.42 Å². The van der Waals surface area contributed by atoms with Gasteiger partial charge in [0.2, 0.25) is 0 Å². The van der Waals surface area contributed by atoms with Crippen LogP contribution in [0.4, 0.5) is 5.69 Å². The van der Waals surface area contributed by atoms with Crippen LogP contribution in [0.3, 0.4) is 0 Å². The van der Waals surface area contributed by atoms with Gasteiger partial charge < -0.3 is 10.5 Å². The van der Waals surface area contributed by atoms with Crippen LogP contribution in [0, 0.1) is 0 Å². The first-order valence-electron chi connectivity index (χ1n) is 6.05. The number of sulfone groups is 1. The van der Waals surface area contributed by atoms with E-state index < -0.39 is 9.84 Å². The van der Waals surface area contributed by atoms with Crippen molar-refractivity contribution in [3.05, 3.63) is 41.9 Å². The second-order valence-electron chi connectivity index (χ2n) is 4.53. The molecule has 0 saturated carbocycles. The number of aromatic nitrogens is 1. The normalized spacial score (nSPS) is 11.7. The van der Waals surface area contributed by atoms with Crippen molar-refractivity contribution < 1.29 is 13.2 Å². The van der Waals surface area contributed by atoms with Crippen LogP contribution in [0.15, 0.2) is 46.8 Å². The van der Waals surface area contributed by atoms with E-state index in [1.165, 1.54) is 23.5 Å². The lowest BCUT2D eigenvalue weighted by molar-refractivity contribution is 0.483. The molecule has 0 spiro atoms. The summed E-state index contributed by atoms with van der Waals surface area (Å²) in [5, 5.41) is 0. The molecule has 0 saturated heterocycles. The SMILES string of the molecule is CS(=O)(=O)c1cccc(Oc2ccc3scnc3c2N)c1. The Morgan fingerprint density at radius 1 is 1.24 bits per heavy atom. The summed E-state index contributed by atoms with van der Waals surface area (Å²) in [5.74, 6) is 0.873. The minimum atomic E-state index is -3.28. The zero-order valence-electron chi connectivity index (χ0n) is 11.1. The van der Waals surface area contributed by atoms with E-state index in [0.717, 1.165) is 11.0 Å². The largest absolute Gasteiger partial charge is 0.455 e. The Hall–Kier alpha value is -2.12. The summed E-state index contributed by atoms with van der Waals surface area (Å²) in [6.07, 6.45) is 1.15. The van der Waals surface area contributed by atoms with Crippen molar-refractivity contribution >= 4 is 37.1 Å². The van der Waals surface area contributed by atoms with Crippen LogP contribution in [0.2, 0.25) is 0 Å². The third kappa shape index (κ3) is 2.70. The number of nitrogen functional groups attached to an aromatic ring is 1. The molecule has 3 rings (SSSR count). The molecule has 5 nitrogen and oxygen atoms in total.